The highest BCUT2D eigenvalue weighted by Crippen LogP contribution is 2.25. The number of nitrogens with zero attached hydrogens (tertiary/aromatic N) is 1. The van der Waals surface area contributed by atoms with E-state index in [1.165, 1.54) is 11.8 Å². The van der Waals surface area contributed by atoms with Crippen molar-refractivity contribution in [2.24, 2.45) is 0 Å². The standard InChI is InChI=1S/C24H30Cl2N2O2S/c1-4-17(2)27-24(30)18(3)28(13-12-19-8-6-5-7-9-19)23(29)16-31-15-20-10-11-21(25)14-22(20)26/h5-11,14,17-18H,4,12-13,15-16H2,1-3H3,(H,27,30)/t17-,18-/m1/s1. The molecule has 0 saturated carbocycles. The van der Waals surface area contributed by atoms with Crippen LogP contribution in [-0.2, 0) is 21.8 Å². The molecule has 0 aliphatic carbocycles. The molecule has 2 aromatic carbocycles. The number of thioether (sulfide) groups is 1. The molecule has 1 N–H and O–H groups in total. The first-order valence-corrected chi connectivity index (χ1v) is 12.4. The van der Waals surface area contributed by atoms with Crippen LogP contribution in [0.15, 0.2) is 48.5 Å². The van der Waals surface area contributed by atoms with Gasteiger partial charge in [-0.05, 0) is 49.9 Å². The van der Waals surface area contributed by atoms with Gasteiger partial charge in [-0.3, -0.25) is 9.59 Å². The van der Waals surface area contributed by atoms with E-state index in [0.717, 1.165) is 17.5 Å². The number of carbonyl (C=O) groups is 2. The predicted molar refractivity (Wildman–Crippen MR) is 132 cm³/mol. The van der Waals surface area contributed by atoms with Crippen LogP contribution >= 0.6 is 35.0 Å². The summed E-state index contributed by atoms with van der Waals surface area (Å²) in [5, 5.41) is 4.17. The number of hydrogen-bond acceptors (Lipinski definition) is 3. The van der Waals surface area contributed by atoms with Crippen molar-refractivity contribution in [3.63, 3.8) is 0 Å². The number of rotatable bonds is 11. The van der Waals surface area contributed by atoms with Crippen molar-refractivity contribution in [2.75, 3.05) is 12.3 Å². The molecule has 168 valence electrons. The van der Waals surface area contributed by atoms with Crippen LogP contribution in [0.2, 0.25) is 10.0 Å². The Kier molecular flexibility index (Phi) is 10.7. The minimum atomic E-state index is -0.537. The molecule has 0 heterocycles. The van der Waals surface area contributed by atoms with E-state index in [4.69, 9.17) is 23.2 Å². The van der Waals surface area contributed by atoms with Crippen molar-refractivity contribution in [2.45, 2.75) is 51.4 Å². The molecule has 0 radical (unpaired) electrons. The van der Waals surface area contributed by atoms with E-state index in [2.05, 4.69) is 5.32 Å². The van der Waals surface area contributed by atoms with E-state index < -0.39 is 6.04 Å². The SMILES string of the molecule is CC[C@@H](C)NC(=O)[C@@H](C)N(CCc1ccccc1)C(=O)CSCc1ccc(Cl)cc1Cl. The van der Waals surface area contributed by atoms with E-state index in [1.54, 1.807) is 24.0 Å². The first kappa shape index (κ1) is 25.6. The zero-order valence-electron chi connectivity index (χ0n) is 18.2. The van der Waals surface area contributed by atoms with Gasteiger partial charge in [0.25, 0.3) is 0 Å². The van der Waals surface area contributed by atoms with Gasteiger partial charge >= 0.3 is 0 Å². The number of amides is 2. The lowest BCUT2D eigenvalue weighted by Crippen LogP contribution is -2.51. The average molecular weight is 481 g/mol. The van der Waals surface area contributed by atoms with Gasteiger partial charge in [0.2, 0.25) is 11.8 Å². The molecule has 0 spiro atoms. The van der Waals surface area contributed by atoms with Gasteiger partial charge in [-0.15, -0.1) is 11.8 Å². The van der Waals surface area contributed by atoms with Crippen LogP contribution in [0, 0.1) is 0 Å². The third-order valence-corrected chi connectivity index (χ3v) is 6.70. The zero-order chi connectivity index (χ0) is 22.8. The van der Waals surface area contributed by atoms with Crippen molar-refractivity contribution >= 4 is 46.8 Å². The summed E-state index contributed by atoms with van der Waals surface area (Å²) < 4.78 is 0. The molecule has 0 aliphatic rings. The molecule has 0 fully saturated rings. The Labute approximate surface area is 199 Å². The third kappa shape index (κ3) is 8.40. The first-order valence-electron chi connectivity index (χ1n) is 10.5. The van der Waals surface area contributed by atoms with Crippen molar-refractivity contribution in [3.8, 4) is 0 Å². The van der Waals surface area contributed by atoms with Crippen molar-refractivity contribution in [1.29, 1.82) is 0 Å². The summed E-state index contributed by atoms with van der Waals surface area (Å²) >= 11 is 13.7. The van der Waals surface area contributed by atoms with Gasteiger partial charge in [0, 0.05) is 28.4 Å². The lowest BCUT2D eigenvalue weighted by molar-refractivity contribution is -0.138. The van der Waals surface area contributed by atoms with Crippen molar-refractivity contribution in [1.82, 2.24) is 10.2 Å². The molecule has 2 amide bonds. The topological polar surface area (TPSA) is 49.4 Å². The Bertz CT molecular complexity index is 864. The second kappa shape index (κ2) is 13.0. The van der Waals surface area contributed by atoms with Gasteiger partial charge in [-0.2, -0.15) is 0 Å². The molecule has 2 aromatic rings. The number of hydrogen-bond donors (Lipinski definition) is 1. The number of carbonyl (C=O) groups excluding carboxylic acids is 2. The number of nitrogens with one attached hydrogen (secondary N) is 1. The summed E-state index contributed by atoms with van der Waals surface area (Å²) in [5.74, 6) is 0.690. The normalized spacial score (nSPS) is 12.8. The molecule has 31 heavy (non-hydrogen) atoms. The second-order valence-corrected chi connectivity index (χ2v) is 9.37. The second-order valence-electron chi connectivity index (χ2n) is 7.55. The van der Waals surface area contributed by atoms with Crippen LogP contribution in [0.3, 0.4) is 0 Å². The quantitative estimate of drug-likeness (QED) is 0.455. The van der Waals surface area contributed by atoms with Crippen LogP contribution in [0.5, 0.6) is 0 Å². The van der Waals surface area contributed by atoms with E-state index in [9.17, 15) is 9.59 Å². The van der Waals surface area contributed by atoms with Crippen LogP contribution < -0.4 is 5.32 Å². The third-order valence-electron chi connectivity index (χ3n) is 5.15. The lowest BCUT2D eigenvalue weighted by atomic mass is 10.1. The summed E-state index contributed by atoms with van der Waals surface area (Å²) in [7, 11) is 0. The first-order chi connectivity index (χ1) is 14.8. The largest absolute Gasteiger partial charge is 0.352 e. The van der Waals surface area contributed by atoms with Gasteiger partial charge in [-0.1, -0.05) is 66.5 Å². The zero-order valence-corrected chi connectivity index (χ0v) is 20.6. The van der Waals surface area contributed by atoms with Gasteiger partial charge in [0.1, 0.15) is 6.04 Å². The Morgan fingerprint density at radius 3 is 2.45 bits per heavy atom. The maximum absolute atomic E-state index is 13.1. The predicted octanol–water partition coefficient (Wildman–Crippen LogP) is 5.60. The van der Waals surface area contributed by atoms with Crippen molar-refractivity contribution in [3.05, 3.63) is 69.7 Å². The lowest BCUT2D eigenvalue weighted by Gasteiger charge is -2.29. The van der Waals surface area contributed by atoms with Gasteiger partial charge in [-0.25, -0.2) is 0 Å². The summed E-state index contributed by atoms with van der Waals surface area (Å²) in [4.78, 5) is 27.4. The van der Waals surface area contributed by atoms with E-state index >= 15 is 0 Å². The Morgan fingerprint density at radius 1 is 1.10 bits per heavy atom. The Morgan fingerprint density at radius 2 is 1.81 bits per heavy atom. The molecule has 2 atom stereocenters. The highest BCUT2D eigenvalue weighted by atomic mass is 35.5. The molecule has 4 nitrogen and oxygen atoms in total. The molecule has 0 bridgehead atoms. The molecule has 0 saturated heterocycles. The fraction of sp³-hybridized carbons (Fsp3) is 0.417. The smallest absolute Gasteiger partial charge is 0.242 e. The summed E-state index contributed by atoms with van der Waals surface area (Å²) in [5.41, 5.74) is 2.07. The molecular weight excluding hydrogens is 451 g/mol. The maximum atomic E-state index is 13.1. The van der Waals surface area contributed by atoms with Crippen molar-refractivity contribution < 1.29 is 9.59 Å². The van der Waals surface area contributed by atoms with E-state index in [-0.39, 0.29) is 23.6 Å². The molecule has 0 unspecified atom stereocenters. The minimum Gasteiger partial charge on any atom is -0.352 e. The fourth-order valence-electron chi connectivity index (χ4n) is 3.01. The van der Waals surface area contributed by atoms with E-state index in [0.29, 0.717) is 28.8 Å². The van der Waals surface area contributed by atoms with Crippen LogP contribution in [0.25, 0.3) is 0 Å². The van der Waals surface area contributed by atoms with Gasteiger partial charge < -0.3 is 10.2 Å². The Hall–Kier alpha value is -1.69. The van der Waals surface area contributed by atoms with Crippen LogP contribution in [0.4, 0.5) is 0 Å². The van der Waals surface area contributed by atoms with Gasteiger partial charge in [0.15, 0.2) is 0 Å². The number of benzene rings is 2. The van der Waals surface area contributed by atoms with Crippen LogP contribution in [-0.4, -0.2) is 41.1 Å². The molecule has 0 aromatic heterocycles. The summed E-state index contributed by atoms with van der Waals surface area (Å²) in [6.45, 7) is 6.26. The minimum absolute atomic E-state index is 0.0576. The highest BCUT2D eigenvalue weighted by Gasteiger charge is 2.26. The molecule has 2 rings (SSSR count). The summed E-state index contributed by atoms with van der Waals surface area (Å²) in [6, 6.07) is 14.9. The molecule has 7 heteroatoms. The molecular formula is C24H30Cl2N2O2S. The monoisotopic (exact) mass is 480 g/mol. The number of halogens is 2. The van der Waals surface area contributed by atoms with E-state index in [1.807, 2.05) is 50.2 Å². The average Bonchev–Trinajstić information content (AvgIpc) is 2.75. The molecule has 0 aliphatic heterocycles. The Balaban J connectivity index is 2.02. The summed E-state index contributed by atoms with van der Waals surface area (Å²) in [6.07, 6.45) is 1.54. The van der Waals surface area contributed by atoms with Gasteiger partial charge in [0.05, 0.1) is 5.75 Å². The maximum Gasteiger partial charge on any atom is 0.242 e. The highest BCUT2D eigenvalue weighted by molar-refractivity contribution is 7.99. The van der Waals surface area contributed by atoms with Crippen LogP contribution in [0.1, 0.15) is 38.3 Å². The fourth-order valence-corrected chi connectivity index (χ4v) is 4.47.